The van der Waals surface area contributed by atoms with Gasteiger partial charge in [-0.05, 0) is 50.2 Å². The van der Waals surface area contributed by atoms with Gasteiger partial charge in [-0.25, -0.2) is 4.68 Å². The topological polar surface area (TPSA) is 72.3 Å². The molecule has 3 aromatic rings. The molecule has 31 heavy (non-hydrogen) atoms. The van der Waals surface area contributed by atoms with Crippen molar-refractivity contribution in [1.29, 1.82) is 0 Å². The number of ether oxygens (including phenoxy) is 1. The Kier molecular flexibility index (Phi) is 5.32. The minimum atomic E-state index is -2.95. The number of alkyl halides is 2. The number of rotatable bonds is 6. The molecule has 1 amide bonds. The second-order valence-corrected chi connectivity index (χ2v) is 8.75. The Hall–Kier alpha value is -2.64. The molecular weight excluding hydrogens is 423 g/mol. The number of carbonyl (C=O) groups is 1. The number of nitrogens with zero attached hydrogens (tertiary/aromatic N) is 4. The summed E-state index contributed by atoms with van der Waals surface area (Å²) in [5.74, 6) is 0.0876. The Morgan fingerprint density at radius 2 is 2.16 bits per heavy atom. The molecule has 5 rings (SSSR count). The molecule has 4 heterocycles. The van der Waals surface area contributed by atoms with E-state index in [4.69, 9.17) is 0 Å². The predicted molar refractivity (Wildman–Crippen MR) is 114 cm³/mol. The number of fused-ring (bicyclic) bond motifs is 3. The average molecular weight is 445 g/mol. The standard InChI is InChI=1S/C21H22F2N5O2P/c1-31-28-14-6-8-17(28)15(10-14)25-20(29)12-5-7-16-13(9-12)11-24-27(16)18-3-2-4-19(26-18)30-21(22)23/h2-5,7,9,11,14-15,17,21,31H,6,8,10H2,1H3,(H,25,29)/t14-,15+,17+/m0/s1. The lowest BCUT2D eigenvalue weighted by Gasteiger charge is -2.23. The van der Waals surface area contributed by atoms with Crippen LogP contribution < -0.4 is 10.1 Å². The van der Waals surface area contributed by atoms with Gasteiger partial charge in [0.2, 0.25) is 5.88 Å². The van der Waals surface area contributed by atoms with Crippen LogP contribution in [0, 0.1) is 0 Å². The van der Waals surface area contributed by atoms with Crippen molar-refractivity contribution in [3.63, 3.8) is 0 Å². The molecule has 2 saturated heterocycles. The minimum Gasteiger partial charge on any atom is -0.417 e. The molecule has 0 spiro atoms. The second kappa shape index (κ2) is 8.13. The minimum absolute atomic E-state index is 0.0861. The summed E-state index contributed by atoms with van der Waals surface area (Å²) < 4.78 is 33.4. The maximum atomic E-state index is 12.9. The van der Waals surface area contributed by atoms with Gasteiger partial charge < -0.3 is 10.1 Å². The van der Waals surface area contributed by atoms with Crippen LogP contribution in [0.2, 0.25) is 0 Å². The third kappa shape index (κ3) is 3.77. The molecule has 7 nitrogen and oxygen atoms in total. The summed E-state index contributed by atoms with van der Waals surface area (Å²) in [5.41, 5.74) is 1.29. The van der Waals surface area contributed by atoms with Crippen LogP contribution in [0.25, 0.3) is 16.7 Å². The molecule has 0 radical (unpaired) electrons. The number of hydrogen-bond donors (Lipinski definition) is 1. The molecule has 1 N–H and O–H groups in total. The molecular formula is C21H22F2N5O2P. The highest BCUT2D eigenvalue weighted by Gasteiger charge is 2.46. The Morgan fingerprint density at radius 3 is 2.94 bits per heavy atom. The van der Waals surface area contributed by atoms with Crippen LogP contribution in [0.15, 0.2) is 42.6 Å². The molecule has 4 atom stereocenters. The van der Waals surface area contributed by atoms with Crippen molar-refractivity contribution < 1.29 is 18.3 Å². The first-order valence-electron chi connectivity index (χ1n) is 10.2. The van der Waals surface area contributed by atoms with Gasteiger partial charge in [0.15, 0.2) is 5.82 Å². The first kappa shape index (κ1) is 20.3. The summed E-state index contributed by atoms with van der Waals surface area (Å²) >= 11 is 0. The monoisotopic (exact) mass is 445 g/mol. The van der Waals surface area contributed by atoms with Crippen molar-refractivity contribution in [2.24, 2.45) is 0 Å². The molecule has 2 fully saturated rings. The van der Waals surface area contributed by atoms with Crippen LogP contribution >= 0.6 is 8.73 Å². The van der Waals surface area contributed by atoms with Crippen molar-refractivity contribution in [2.45, 2.75) is 44.0 Å². The molecule has 1 aromatic carbocycles. The number of carbonyl (C=O) groups excluding carboxylic acids is 1. The van der Waals surface area contributed by atoms with E-state index in [1.54, 1.807) is 36.5 Å². The van der Waals surface area contributed by atoms with Crippen molar-refractivity contribution in [3.8, 4) is 11.7 Å². The normalized spacial score (nSPS) is 23.4. The molecule has 2 aromatic heterocycles. The Balaban J connectivity index is 1.36. The van der Waals surface area contributed by atoms with E-state index in [9.17, 15) is 13.6 Å². The number of pyridine rings is 1. The van der Waals surface area contributed by atoms with Gasteiger partial charge in [0.25, 0.3) is 5.91 Å². The molecule has 1 unspecified atom stereocenters. The fourth-order valence-electron chi connectivity index (χ4n) is 4.78. The zero-order valence-electron chi connectivity index (χ0n) is 16.8. The number of nitrogens with one attached hydrogen (secondary N) is 1. The van der Waals surface area contributed by atoms with Gasteiger partial charge in [-0.2, -0.15) is 18.9 Å². The van der Waals surface area contributed by atoms with E-state index >= 15 is 0 Å². The Morgan fingerprint density at radius 1 is 1.29 bits per heavy atom. The number of hydrogen-bond acceptors (Lipinski definition) is 5. The van der Waals surface area contributed by atoms with Gasteiger partial charge in [-0.3, -0.25) is 9.46 Å². The second-order valence-electron chi connectivity index (χ2n) is 7.79. The summed E-state index contributed by atoms with van der Waals surface area (Å²) in [6.07, 6.45) is 5.01. The number of aromatic nitrogens is 3. The third-order valence-corrected chi connectivity index (χ3v) is 7.29. The average Bonchev–Trinajstić information content (AvgIpc) is 3.45. The van der Waals surface area contributed by atoms with E-state index in [1.807, 2.05) is 0 Å². The van der Waals surface area contributed by atoms with Gasteiger partial charge in [0.1, 0.15) is 0 Å². The molecule has 162 valence electrons. The van der Waals surface area contributed by atoms with E-state index in [2.05, 4.69) is 31.5 Å². The Bertz CT molecular complexity index is 1120. The summed E-state index contributed by atoms with van der Waals surface area (Å²) in [7, 11) is 0.771. The van der Waals surface area contributed by atoms with Crippen LogP contribution in [0.4, 0.5) is 8.78 Å². The van der Waals surface area contributed by atoms with Gasteiger partial charge >= 0.3 is 6.61 Å². The van der Waals surface area contributed by atoms with Gasteiger partial charge in [-0.1, -0.05) is 14.8 Å². The largest absolute Gasteiger partial charge is 0.417 e. The summed E-state index contributed by atoms with van der Waals surface area (Å²) in [6, 6.07) is 11.2. The first-order chi connectivity index (χ1) is 15.0. The maximum absolute atomic E-state index is 12.9. The van der Waals surface area contributed by atoms with Gasteiger partial charge in [0.05, 0.1) is 11.7 Å². The highest BCUT2D eigenvalue weighted by molar-refractivity contribution is 7.34. The molecule has 0 aliphatic carbocycles. The maximum Gasteiger partial charge on any atom is 0.388 e. The molecule has 0 saturated carbocycles. The van der Waals surface area contributed by atoms with Crippen molar-refractivity contribution in [3.05, 3.63) is 48.2 Å². The molecule has 2 aliphatic heterocycles. The highest BCUT2D eigenvalue weighted by Crippen LogP contribution is 2.43. The summed E-state index contributed by atoms with van der Waals surface area (Å²) in [5, 5.41) is 8.29. The number of amides is 1. The number of benzene rings is 1. The summed E-state index contributed by atoms with van der Waals surface area (Å²) in [4.78, 5) is 17.0. The third-order valence-electron chi connectivity index (χ3n) is 6.08. The van der Waals surface area contributed by atoms with Gasteiger partial charge in [0, 0.05) is 35.1 Å². The lowest BCUT2D eigenvalue weighted by atomic mass is 9.95. The lowest BCUT2D eigenvalue weighted by Crippen LogP contribution is -2.42. The van der Waals surface area contributed by atoms with E-state index in [1.165, 1.54) is 17.2 Å². The SMILES string of the molecule is CPN1[C@H]2CC[C@@H]1[C@H](NC(=O)c1ccc3c(cnn3-c3cccc(OC(F)F)n3)c1)C2. The molecule has 2 aliphatic rings. The molecule has 2 bridgehead atoms. The number of halogens is 2. The predicted octanol–water partition coefficient (Wildman–Crippen LogP) is 3.58. The van der Waals surface area contributed by atoms with Crippen LogP contribution in [0.5, 0.6) is 5.88 Å². The van der Waals surface area contributed by atoms with Crippen molar-refractivity contribution in [2.75, 3.05) is 6.66 Å². The highest BCUT2D eigenvalue weighted by atomic mass is 31.1. The van der Waals surface area contributed by atoms with E-state index in [0.717, 1.165) is 32.5 Å². The van der Waals surface area contributed by atoms with E-state index < -0.39 is 6.61 Å². The quantitative estimate of drug-likeness (QED) is 0.588. The first-order valence-corrected chi connectivity index (χ1v) is 11.6. The van der Waals surface area contributed by atoms with Gasteiger partial charge in [-0.15, -0.1) is 0 Å². The zero-order valence-corrected chi connectivity index (χ0v) is 17.8. The zero-order chi connectivity index (χ0) is 21.5. The van der Waals surface area contributed by atoms with Crippen LogP contribution in [0.3, 0.4) is 0 Å². The Labute approximate surface area is 179 Å². The fourth-order valence-corrected chi connectivity index (χ4v) is 6.02. The fraction of sp³-hybridized carbons (Fsp3) is 0.381. The van der Waals surface area contributed by atoms with Crippen LogP contribution in [0.1, 0.15) is 29.6 Å². The van der Waals surface area contributed by atoms with E-state index in [0.29, 0.717) is 23.5 Å². The smallest absolute Gasteiger partial charge is 0.388 e. The van der Waals surface area contributed by atoms with Crippen LogP contribution in [-0.4, -0.2) is 56.7 Å². The lowest BCUT2D eigenvalue weighted by molar-refractivity contribution is -0.0528. The molecule has 10 heteroatoms. The van der Waals surface area contributed by atoms with Crippen molar-refractivity contribution in [1.82, 2.24) is 24.8 Å². The van der Waals surface area contributed by atoms with Crippen molar-refractivity contribution >= 4 is 25.5 Å². The van der Waals surface area contributed by atoms with E-state index in [-0.39, 0.29) is 17.8 Å². The summed E-state index contributed by atoms with van der Waals surface area (Å²) in [6.45, 7) is -0.746. The van der Waals surface area contributed by atoms with Crippen LogP contribution in [-0.2, 0) is 0 Å².